The van der Waals surface area contributed by atoms with Gasteiger partial charge in [0, 0.05) is 20.1 Å². The van der Waals surface area contributed by atoms with Gasteiger partial charge in [0.15, 0.2) is 0 Å². The second-order valence-electron chi connectivity index (χ2n) is 2.37. The summed E-state index contributed by atoms with van der Waals surface area (Å²) in [5.41, 5.74) is 0. The Morgan fingerprint density at radius 3 is 1.67 bits per heavy atom. The molecule has 0 aliphatic rings. The van der Waals surface area contributed by atoms with Crippen molar-refractivity contribution in [3.8, 4) is 6.07 Å². The van der Waals surface area contributed by atoms with Crippen LogP contribution in [0.15, 0.2) is 0 Å². The van der Waals surface area contributed by atoms with Gasteiger partial charge in [0.1, 0.15) is 6.07 Å². The highest BCUT2D eigenvalue weighted by Gasteiger charge is 2.23. The molecular formula is C7H15NO6S. The average Bonchev–Trinajstić information content (AvgIpc) is 2.02. The van der Waals surface area contributed by atoms with E-state index < -0.39 is 16.2 Å². The Kier molecular flexibility index (Phi) is 8.41. The first-order valence-electron chi connectivity index (χ1n) is 4.07. The molecule has 0 atom stereocenters. The van der Waals surface area contributed by atoms with Crippen molar-refractivity contribution in [2.45, 2.75) is 26.6 Å². The molecule has 0 aliphatic heterocycles. The molecule has 0 radical (unpaired) electrons. The Bertz CT molecular complexity index is 279. The van der Waals surface area contributed by atoms with E-state index in [1.54, 1.807) is 6.92 Å². The van der Waals surface area contributed by atoms with Crippen molar-refractivity contribution in [1.29, 1.82) is 5.26 Å². The molecule has 2 N–H and O–H groups in total. The largest absolute Gasteiger partial charge is 0.394 e. The minimum Gasteiger partial charge on any atom is -0.339 e. The van der Waals surface area contributed by atoms with Gasteiger partial charge in [0.05, 0.1) is 0 Å². The van der Waals surface area contributed by atoms with Crippen LogP contribution in [0.3, 0.4) is 0 Å². The molecule has 0 amide bonds. The molecule has 0 spiro atoms. The summed E-state index contributed by atoms with van der Waals surface area (Å²) in [6.45, 7) is 6.25. The molecule has 8 heteroatoms. The summed E-state index contributed by atoms with van der Waals surface area (Å²) in [5.74, 6) is -1.05. The summed E-state index contributed by atoms with van der Waals surface area (Å²) < 4.78 is 41.7. The highest BCUT2D eigenvalue weighted by atomic mass is 32.3. The van der Waals surface area contributed by atoms with Crippen LogP contribution in [-0.4, -0.2) is 36.5 Å². The minimum absolute atomic E-state index is 0.490. The molecule has 0 aliphatic carbocycles. The van der Waals surface area contributed by atoms with E-state index in [4.69, 9.17) is 32.3 Å². The predicted octanol–water partition coefficient (Wildman–Crippen LogP) is 0.646. The normalized spacial score (nSPS) is 11.2. The fraction of sp³-hybridized carbons (Fsp3) is 0.857. The first-order valence-corrected chi connectivity index (χ1v) is 5.47. The molecular weight excluding hydrogens is 226 g/mol. The summed E-state index contributed by atoms with van der Waals surface area (Å²) >= 11 is 0. The molecule has 0 unspecified atom stereocenters. The van der Waals surface area contributed by atoms with Crippen LogP contribution in [0.1, 0.15) is 20.8 Å². The smallest absolute Gasteiger partial charge is 0.339 e. The van der Waals surface area contributed by atoms with Crippen LogP contribution in [0.4, 0.5) is 0 Å². The maximum Gasteiger partial charge on any atom is 0.394 e. The van der Waals surface area contributed by atoms with Crippen molar-refractivity contribution in [2.24, 2.45) is 0 Å². The SMILES string of the molecule is CCOC(C)(C#N)OCC.O=S(=O)(O)O. The van der Waals surface area contributed by atoms with E-state index in [9.17, 15) is 0 Å². The Morgan fingerprint density at radius 1 is 1.27 bits per heavy atom. The van der Waals surface area contributed by atoms with Crippen LogP contribution in [0.25, 0.3) is 0 Å². The van der Waals surface area contributed by atoms with Crippen molar-refractivity contribution in [2.75, 3.05) is 13.2 Å². The number of hydrogen-bond donors (Lipinski definition) is 2. The zero-order valence-corrected chi connectivity index (χ0v) is 9.61. The molecule has 0 heterocycles. The van der Waals surface area contributed by atoms with Crippen LogP contribution >= 0.6 is 0 Å². The minimum atomic E-state index is -4.67. The van der Waals surface area contributed by atoms with Gasteiger partial charge in [-0.05, 0) is 13.8 Å². The molecule has 15 heavy (non-hydrogen) atoms. The van der Waals surface area contributed by atoms with Crippen molar-refractivity contribution >= 4 is 10.4 Å². The van der Waals surface area contributed by atoms with Gasteiger partial charge in [-0.2, -0.15) is 13.7 Å². The topological polar surface area (TPSA) is 117 Å². The third-order valence-electron chi connectivity index (χ3n) is 1.04. The molecule has 0 aromatic carbocycles. The zero-order valence-electron chi connectivity index (χ0n) is 8.80. The van der Waals surface area contributed by atoms with Crippen molar-refractivity contribution < 1.29 is 27.0 Å². The van der Waals surface area contributed by atoms with Gasteiger partial charge in [0.2, 0.25) is 0 Å². The van der Waals surface area contributed by atoms with E-state index in [1.165, 1.54) is 0 Å². The fourth-order valence-electron chi connectivity index (χ4n) is 0.657. The molecule has 0 aromatic heterocycles. The first kappa shape index (κ1) is 16.7. The van der Waals surface area contributed by atoms with E-state index in [1.807, 2.05) is 19.9 Å². The van der Waals surface area contributed by atoms with E-state index in [2.05, 4.69) is 0 Å². The zero-order chi connectivity index (χ0) is 12.5. The van der Waals surface area contributed by atoms with E-state index in [0.29, 0.717) is 13.2 Å². The number of nitriles is 1. The summed E-state index contributed by atoms with van der Waals surface area (Å²) in [4.78, 5) is 0. The first-order chi connectivity index (χ1) is 6.68. The summed E-state index contributed by atoms with van der Waals surface area (Å²) in [7, 11) is -4.67. The standard InChI is InChI=1S/C7H13NO2.H2O4S/c1-4-9-7(3,6-8)10-5-2;1-5(2,3)4/h4-5H2,1-3H3;(H2,1,2,3,4). The predicted molar refractivity (Wildman–Crippen MR) is 51.4 cm³/mol. The Morgan fingerprint density at radius 2 is 1.53 bits per heavy atom. The molecule has 0 rings (SSSR count). The van der Waals surface area contributed by atoms with Crippen LogP contribution in [0, 0.1) is 11.3 Å². The Balaban J connectivity index is 0. The van der Waals surface area contributed by atoms with Crippen LogP contribution in [0.2, 0.25) is 0 Å². The third-order valence-corrected chi connectivity index (χ3v) is 1.04. The highest BCUT2D eigenvalue weighted by Crippen LogP contribution is 2.09. The lowest BCUT2D eigenvalue weighted by Gasteiger charge is -2.20. The third kappa shape index (κ3) is 16.0. The molecule has 0 fully saturated rings. The van der Waals surface area contributed by atoms with Crippen LogP contribution in [-0.2, 0) is 19.9 Å². The molecule has 0 saturated heterocycles. The van der Waals surface area contributed by atoms with Gasteiger partial charge in [-0.15, -0.1) is 0 Å². The molecule has 90 valence electrons. The van der Waals surface area contributed by atoms with Gasteiger partial charge in [-0.25, -0.2) is 0 Å². The lowest BCUT2D eigenvalue weighted by Crippen LogP contribution is -2.30. The summed E-state index contributed by atoms with van der Waals surface area (Å²) in [6.07, 6.45) is 0. The second kappa shape index (κ2) is 7.56. The van der Waals surface area contributed by atoms with Crippen molar-refractivity contribution in [3.05, 3.63) is 0 Å². The number of ether oxygens (including phenoxy) is 2. The van der Waals surface area contributed by atoms with Crippen molar-refractivity contribution in [1.82, 2.24) is 0 Å². The monoisotopic (exact) mass is 241 g/mol. The Hall–Kier alpha value is -0.720. The van der Waals surface area contributed by atoms with E-state index >= 15 is 0 Å². The van der Waals surface area contributed by atoms with Gasteiger partial charge in [-0.1, -0.05) is 0 Å². The van der Waals surface area contributed by atoms with Gasteiger partial charge < -0.3 is 9.47 Å². The van der Waals surface area contributed by atoms with E-state index in [-0.39, 0.29) is 0 Å². The highest BCUT2D eigenvalue weighted by molar-refractivity contribution is 7.79. The molecule has 7 nitrogen and oxygen atoms in total. The fourth-order valence-corrected chi connectivity index (χ4v) is 0.657. The molecule has 0 bridgehead atoms. The maximum atomic E-state index is 8.74. The number of rotatable bonds is 4. The Labute approximate surface area is 89.2 Å². The number of hydrogen-bond acceptors (Lipinski definition) is 5. The average molecular weight is 241 g/mol. The summed E-state index contributed by atoms with van der Waals surface area (Å²) in [5, 5.41) is 8.55. The molecule has 0 aromatic rings. The quantitative estimate of drug-likeness (QED) is 0.548. The van der Waals surface area contributed by atoms with Gasteiger partial charge in [0.25, 0.3) is 5.79 Å². The lowest BCUT2D eigenvalue weighted by molar-refractivity contribution is -0.180. The van der Waals surface area contributed by atoms with Gasteiger partial charge >= 0.3 is 10.4 Å². The number of nitrogens with zero attached hydrogens (tertiary/aromatic N) is 1. The summed E-state index contributed by atoms with van der Waals surface area (Å²) in [6, 6.07) is 1.94. The molecule has 0 saturated carbocycles. The lowest BCUT2D eigenvalue weighted by atomic mass is 10.3. The van der Waals surface area contributed by atoms with Crippen LogP contribution in [0.5, 0.6) is 0 Å². The van der Waals surface area contributed by atoms with Crippen LogP contribution < -0.4 is 0 Å². The van der Waals surface area contributed by atoms with Crippen molar-refractivity contribution in [3.63, 3.8) is 0 Å². The van der Waals surface area contributed by atoms with E-state index in [0.717, 1.165) is 0 Å². The maximum absolute atomic E-state index is 8.74. The van der Waals surface area contributed by atoms with Gasteiger partial charge in [-0.3, -0.25) is 9.11 Å². The second-order valence-corrected chi connectivity index (χ2v) is 3.27.